The van der Waals surface area contributed by atoms with Crippen molar-refractivity contribution in [2.75, 3.05) is 7.11 Å². The molecule has 1 heterocycles. The number of aryl methyl sites for hydroxylation is 1. The number of fused-ring (bicyclic) bond motifs is 1. The molecule has 25 heavy (non-hydrogen) atoms. The van der Waals surface area contributed by atoms with Gasteiger partial charge in [-0.2, -0.15) is 0 Å². The largest absolute Gasteiger partial charge is 0.504 e. The quantitative estimate of drug-likeness (QED) is 0.545. The van der Waals surface area contributed by atoms with Crippen LogP contribution in [0.5, 0.6) is 11.5 Å². The highest BCUT2D eigenvalue weighted by atomic mass is 16.5. The van der Waals surface area contributed by atoms with Crippen LogP contribution in [-0.2, 0) is 6.42 Å². The van der Waals surface area contributed by atoms with Crippen molar-refractivity contribution in [3.63, 3.8) is 0 Å². The molecule has 2 aromatic carbocycles. The molecule has 0 aliphatic carbocycles. The van der Waals surface area contributed by atoms with Gasteiger partial charge in [0.25, 0.3) is 0 Å². The average molecular weight is 334 g/mol. The monoisotopic (exact) mass is 334 g/mol. The van der Waals surface area contributed by atoms with E-state index in [2.05, 4.69) is 0 Å². The van der Waals surface area contributed by atoms with Crippen molar-refractivity contribution in [2.45, 2.75) is 25.6 Å². The van der Waals surface area contributed by atoms with E-state index in [1.165, 1.54) is 30.9 Å². The lowest BCUT2D eigenvalue weighted by Crippen LogP contribution is -2.01. The van der Waals surface area contributed by atoms with Gasteiger partial charge in [0, 0.05) is 11.6 Å². The maximum absolute atomic E-state index is 12.4. The zero-order valence-electron chi connectivity index (χ0n) is 14.1. The fourth-order valence-corrected chi connectivity index (χ4v) is 2.83. The molecule has 3 aromatic rings. The number of unbranched alkanes of at least 4 members (excludes halogenated alkanes) is 1. The summed E-state index contributed by atoms with van der Waals surface area (Å²) in [7, 11) is 6.94. The Bertz CT molecular complexity index is 929. The number of methoxy groups -OCH3 is 1. The van der Waals surface area contributed by atoms with Gasteiger partial charge in [0.15, 0.2) is 16.8 Å². The zero-order chi connectivity index (χ0) is 17.8. The summed E-state index contributed by atoms with van der Waals surface area (Å²) in [6.07, 6.45) is 3.73. The van der Waals surface area contributed by atoms with E-state index in [0.29, 0.717) is 17.5 Å². The van der Waals surface area contributed by atoms with Crippen LogP contribution in [0.15, 0.2) is 51.7 Å². The van der Waals surface area contributed by atoms with Crippen molar-refractivity contribution < 1.29 is 14.3 Å². The standard InChI is InChI=1S/C20H19BO4/c1-24-20-16(22)10-9-15-17(23)12-18(25-19(15)20)14-7-5-13(6-8-14)4-2-3-11-21/h5-10,12,22H,2-4,11H2,1H3. The molecule has 0 spiro atoms. The van der Waals surface area contributed by atoms with E-state index < -0.39 is 0 Å². The van der Waals surface area contributed by atoms with Crippen molar-refractivity contribution in [2.24, 2.45) is 0 Å². The van der Waals surface area contributed by atoms with E-state index in [0.717, 1.165) is 24.8 Å². The van der Waals surface area contributed by atoms with Crippen molar-refractivity contribution in [1.29, 1.82) is 0 Å². The van der Waals surface area contributed by atoms with E-state index in [1.807, 2.05) is 24.3 Å². The summed E-state index contributed by atoms with van der Waals surface area (Å²) in [5.74, 6) is 0.537. The molecule has 0 bridgehead atoms. The van der Waals surface area contributed by atoms with Gasteiger partial charge in [0.1, 0.15) is 5.76 Å². The van der Waals surface area contributed by atoms with Gasteiger partial charge in [-0.1, -0.05) is 37.0 Å². The summed E-state index contributed by atoms with van der Waals surface area (Å²) in [4.78, 5) is 12.4. The van der Waals surface area contributed by atoms with Crippen LogP contribution in [0.25, 0.3) is 22.3 Å². The molecule has 4 nitrogen and oxygen atoms in total. The third-order valence-electron chi connectivity index (χ3n) is 4.19. The van der Waals surface area contributed by atoms with Gasteiger partial charge >= 0.3 is 0 Å². The number of ether oxygens (including phenoxy) is 1. The second-order valence-corrected chi connectivity index (χ2v) is 5.91. The second-order valence-electron chi connectivity index (χ2n) is 5.91. The van der Waals surface area contributed by atoms with Crippen LogP contribution in [0.1, 0.15) is 18.4 Å². The number of phenols is 1. The van der Waals surface area contributed by atoms with Crippen LogP contribution >= 0.6 is 0 Å². The molecule has 126 valence electrons. The van der Waals surface area contributed by atoms with E-state index in [4.69, 9.17) is 17.0 Å². The Kier molecular flexibility index (Phi) is 5.12. The van der Waals surface area contributed by atoms with E-state index in [9.17, 15) is 9.90 Å². The van der Waals surface area contributed by atoms with Crippen molar-refractivity contribution >= 4 is 18.8 Å². The minimum absolute atomic E-state index is 0.0643. The molecule has 0 aliphatic heterocycles. The first-order chi connectivity index (χ1) is 12.1. The Balaban J connectivity index is 2.00. The zero-order valence-corrected chi connectivity index (χ0v) is 14.1. The van der Waals surface area contributed by atoms with Crippen molar-refractivity contribution in [3.05, 3.63) is 58.3 Å². The third kappa shape index (κ3) is 3.55. The number of phenolic OH excluding ortho intramolecular Hbond substituents is 1. The van der Waals surface area contributed by atoms with Gasteiger partial charge in [-0.25, -0.2) is 0 Å². The lowest BCUT2D eigenvalue weighted by molar-refractivity contribution is 0.371. The molecular formula is C20H19BO4. The van der Waals surface area contributed by atoms with Gasteiger partial charge < -0.3 is 14.3 Å². The van der Waals surface area contributed by atoms with Crippen LogP contribution in [0.3, 0.4) is 0 Å². The molecule has 0 saturated heterocycles. The summed E-state index contributed by atoms with van der Waals surface area (Å²) in [6.45, 7) is 0. The number of aromatic hydroxyl groups is 1. The van der Waals surface area contributed by atoms with Crippen LogP contribution in [0, 0.1) is 0 Å². The molecule has 0 aliphatic rings. The lowest BCUT2D eigenvalue weighted by Gasteiger charge is -2.09. The number of hydrogen-bond acceptors (Lipinski definition) is 4. The third-order valence-corrected chi connectivity index (χ3v) is 4.19. The van der Waals surface area contributed by atoms with E-state index >= 15 is 0 Å². The van der Waals surface area contributed by atoms with Crippen LogP contribution in [0.4, 0.5) is 0 Å². The Labute approximate surface area is 147 Å². The van der Waals surface area contributed by atoms with Crippen LogP contribution in [0.2, 0.25) is 6.32 Å². The summed E-state index contributed by atoms with van der Waals surface area (Å²) >= 11 is 0. The maximum Gasteiger partial charge on any atom is 0.204 e. The molecule has 2 radical (unpaired) electrons. The normalized spacial score (nSPS) is 10.9. The minimum Gasteiger partial charge on any atom is -0.504 e. The Morgan fingerprint density at radius 3 is 2.56 bits per heavy atom. The molecule has 3 rings (SSSR count). The molecule has 0 fully saturated rings. The second kappa shape index (κ2) is 7.47. The number of benzene rings is 2. The van der Waals surface area contributed by atoms with Gasteiger partial charge in [0.05, 0.1) is 20.3 Å². The first kappa shape index (κ1) is 17.1. The Morgan fingerprint density at radius 1 is 1.12 bits per heavy atom. The molecule has 5 heteroatoms. The summed E-state index contributed by atoms with van der Waals surface area (Å²) in [5.41, 5.74) is 2.08. The van der Waals surface area contributed by atoms with Crippen molar-refractivity contribution in [1.82, 2.24) is 0 Å². The maximum atomic E-state index is 12.4. The van der Waals surface area contributed by atoms with Gasteiger partial charge in [-0.15, -0.1) is 0 Å². The van der Waals surface area contributed by atoms with Crippen LogP contribution in [-0.4, -0.2) is 20.1 Å². The highest BCUT2D eigenvalue weighted by molar-refractivity contribution is 6.08. The summed E-state index contributed by atoms with van der Waals surface area (Å²) < 4.78 is 11.1. The van der Waals surface area contributed by atoms with Gasteiger partial charge in [-0.3, -0.25) is 4.79 Å². The highest BCUT2D eigenvalue weighted by Gasteiger charge is 2.14. The SMILES string of the molecule is [B]CCCCc1ccc(-c2cc(=O)c3ccc(O)c(OC)c3o2)cc1. The molecule has 1 N–H and O–H groups in total. The smallest absolute Gasteiger partial charge is 0.204 e. The lowest BCUT2D eigenvalue weighted by atomic mass is 9.97. The Morgan fingerprint density at radius 2 is 1.88 bits per heavy atom. The topological polar surface area (TPSA) is 59.7 Å². The molecule has 1 aromatic heterocycles. The predicted octanol–water partition coefficient (Wildman–Crippen LogP) is 4.08. The van der Waals surface area contributed by atoms with Gasteiger partial charge in [-0.05, 0) is 30.5 Å². The fraction of sp³-hybridized carbons (Fsp3) is 0.250. The minimum atomic E-state index is -0.179. The molecule has 0 saturated carbocycles. The molecule has 0 amide bonds. The van der Waals surface area contributed by atoms with E-state index in [1.54, 1.807) is 0 Å². The first-order valence-corrected chi connectivity index (χ1v) is 8.27. The molecule has 0 atom stereocenters. The first-order valence-electron chi connectivity index (χ1n) is 8.27. The fourth-order valence-electron chi connectivity index (χ4n) is 2.83. The Hall–Kier alpha value is -2.69. The van der Waals surface area contributed by atoms with E-state index in [-0.39, 0.29) is 22.5 Å². The average Bonchev–Trinajstić information content (AvgIpc) is 2.62. The molecule has 0 unspecified atom stereocenters. The highest BCUT2D eigenvalue weighted by Crippen LogP contribution is 2.35. The van der Waals surface area contributed by atoms with Crippen molar-refractivity contribution in [3.8, 4) is 22.8 Å². The summed E-state index contributed by atoms with van der Waals surface area (Å²) in [5, 5.41) is 10.3. The van der Waals surface area contributed by atoms with Crippen LogP contribution < -0.4 is 10.2 Å². The molecular weight excluding hydrogens is 315 g/mol. The number of rotatable bonds is 6. The predicted molar refractivity (Wildman–Crippen MR) is 99.6 cm³/mol. The van der Waals surface area contributed by atoms with Gasteiger partial charge in [0.2, 0.25) is 5.75 Å². The number of hydrogen-bond donors (Lipinski definition) is 1. The summed E-state index contributed by atoms with van der Waals surface area (Å²) in [6, 6.07) is 12.3.